The number of hydrogen-bond donors (Lipinski definition) is 0. The van der Waals surface area contributed by atoms with Crippen molar-refractivity contribution in [1.82, 2.24) is 0 Å². The third-order valence-corrected chi connectivity index (χ3v) is 2.27. The summed E-state index contributed by atoms with van der Waals surface area (Å²) in [5.74, 6) is 2.33. The largest absolute Gasteiger partial charge is 0.0857 e. The van der Waals surface area contributed by atoms with Crippen LogP contribution in [-0.2, 0) is 0 Å². The first-order chi connectivity index (χ1) is 6.02. The van der Waals surface area contributed by atoms with Crippen molar-refractivity contribution in [2.24, 2.45) is 17.8 Å². The van der Waals surface area contributed by atoms with Crippen molar-refractivity contribution >= 4 is 0 Å². The second kappa shape index (κ2) is 7.17. The third-order valence-electron chi connectivity index (χ3n) is 2.27. The number of allylic oxidation sites excluding steroid dienone is 2. The van der Waals surface area contributed by atoms with Gasteiger partial charge in [0.15, 0.2) is 0 Å². The fourth-order valence-electron chi connectivity index (χ4n) is 1.36. The predicted molar refractivity (Wildman–Crippen MR) is 61.8 cm³/mol. The van der Waals surface area contributed by atoms with E-state index in [9.17, 15) is 0 Å². The Hall–Kier alpha value is -0.260. The van der Waals surface area contributed by atoms with Crippen LogP contribution >= 0.6 is 0 Å². The van der Waals surface area contributed by atoms with E-state index in [0.29, 0.717) is 5.92 Å². The van der Waals surface area contributed by atoms with E-state index in [0.717, 1.165) is 11.8 Å². The fraction of sp³-hybridized carbons (Fsp3) is 0.846. The van der Waals surface area contributed by atoms with Crippen LogP contribution in [0.15, 0.2) is 12.2 Å². The Morgan fingerprint density at radius 3 is 1.92 bits per heavy atom. The molecule has 0 aliphatic heterocycles. The topological polar surface area (TPSA) is 0 Å². The number of hydrogen-bond acceptors (Lipinski definition) is 0. The van der Waals surface area contributed by atoms with E-state index in [2.05, 4.69) is 46.8 Å². The van der Waals surface area contributed by atoms with Crippen molar-refractivity contribution in [2.45, 2.75) is 53.9 Å². The molecule has 0 unspecified atom stereocenters. The molecule has 0 aromatic rings. The molecular formula is C13H26. The van der Waals surface area contributed by atoms with Gasteiger partial charge in [0.05, 0.1) is 0 Å². The monoisotopic (exact) mass is 182 g/mol. The lowest BCUT2D eigenvalue weighted by Crippen LogP contribution is -1.93. The second-order valence-corrected chi connectivity index (χ2v) is 4.93. The minimum Gasteiger partial charge on any atom is -0.0857 e. The van der Waals surface area contributed by atoms with Gasteiger partial charge < -0.3 is 0 Å². The maximum absolute atomic E-state index is 2.37. The van der Waals surface area contributed by atoms with Gasteiger partial charge in [0, 0.05) is 0 Å². The molecule has 78 valence electrons. The summed E-state index contributed by atoms with van der Waals surface area (Å²) in [4.78, 5) is 0. The van der Waals surface area contributed by atoms with E-state index >= 15 is 0 Å². The van der Waals surface area contributed by atoms with Crippen molar-refractivity contribution < 1.29 is 0 Å². The lowest BCUT2D eigenvalue weighted by atomic mass is 9.98. The first kappa shape index (κ1) is 12.7. The average molecular weight is 182 g/mol. The van der Waals surface area contributed by atoms with Gasteiger partial charge in [-0.3, -0.25) is 0 Å². The summed E-state index contributed by atoms with van der Waals surface area (Å²) in [6.45, 7) is 11.4. The molecule has 0 aliphatic rings. The van der Waals surface area contributed by atoms with Crippen LogP contribution in [0.1, 0.15) is 53.9 Å². The highest BCUT2D eigenvalue weighted by Gasteiger charge is 1.99. The van der Waals surface area contributed by atoms with Crippen molar-refractivity contribution in [3.05, 3.63) is 12.2 Å². The van der Waals surface area contributed by atoms with Crippen LogP contribution in [0.5, 0.6) is 0 Å². The Morgan fingerprint density at radius 2 is 1.46 bits per heavy atom. The lowest BCUT2D eigenvalue weighted by Gasteiger charge is -2.08. The molecule has 0 radical (unpaired) electrons. The van der Waals surface area contributed by atoms with Gasteiger partial charge in [-0.2, -0.15) is 0 Å². The van der Waals surface area contributed by atoms with E-state index < -0.39 is 0 Å². The Morgan fingerprint density at radius 1 is 0.846 bits per heavy atom. The van der Waals surface area contributed by atoms with Gasteiger partial charge in [0.2, 0.25) is 0 Å². The molecular weight excluding hydrogens is 156 g/mol. The molecule has 0 spiro atoms. The van der Waals surface area contributed by atoms with Crippen LogP contribution in [0.2, 0.25) is 0 Å². The summed E-state index contributed by atoms with van der Waals surface area (Å²) in [5.41, 5.74) is 0. The Bertz CT molecular complexity index is 131. The van der Waals surface area contributed by atoms with E-state index in [1.165, 1.54) is 19.3 Å². The molecule has 0 nitrogen and oxygen atoms in total. The van der Waals surface area contributed by atoms with Crippen LogP contribution < -0.4 is 0 Å². The predicted octanol–water partition coefficient (Wildman–Crippen LogP) is 4.66. The maximum atomic E-state index is 2.37. The molecule has 0 aromatic heterocycles. The highest BCUT2D eigenvalue weighted by molar-refractivity contribution is 4.88. The Kier molecular flexibility index (Phi) is 7.03. The van der Waals surface area contributed by atoms with Gasteiger partial charge in [-0.15, -0.1) is 0 Å². The zero-order chi connectivity index (χ0) is 10.3. The van der Waals surface area contributed by atoms with E-state index in [-0.39, 0.29) is 0 Å². The van der Waals surface area contributed by atoms with Gasteiger partial charge in [0.1, 0.15) is 0 Å². The molecule has 0 rings (SSSR count). The van der Waals surface area contributed by atoms with Gasteiger partial charge in [-0.05, 0) is 24.2 Å². The van der Waals surface area contributed by atoms with Crippen LogP contribution in [0.25, 0.3) is 0 Å². The average Bonchev–Trinajstić information content (AvgIpc) is 2.00. The minimum absolute atomic E-state index is 0.701. The summed E-state index contributed by atoms with van der Waals surface area (Å²) in [6.07, 6.45) is 8.79. The first-order valence-corrected chi connectivity index (χ1v) is 5.70. The zero-order valence-electron chi connectivity index (χ0n) is 10.0. The summed E-state index contributed by atoms with van der Waals surface area (Å²) in [5, 5.41) is 0. The second-order valence-electron chi connectivity index (χ2n) is 4.93. The lowest BCUT2D eigenvalue weighted by molar-refractivity contribution is 0.500. The standard InChI is InChI=1S/C13H26/c1-11(2)7-6-8-13(5)10-9-12(3)4/h9-13H,6-8H2,1-5H3/b10-9+/t13-/m0/s1. The van der Waals surface area contributed by atoms with Gasteiger partial charge in [-0.25, -0.2) is 0 Å². The molecule has 0 N–H and O–H groups in total. The molecule has 13 heavy (non-hydrogen) atoms. The normalized spacial score (nSPS) is 14.7. The molecule has 0 heterocycles. The van der Waals surface area contributed by atoms with E-state index in [1.807, 2.05) is 0 Å². The quantitative estimate of drug-likeness (QED) is 0.524. The zero-order valence-corrected chi connectivity index (χ0v) is 10.0. The van der Waals surface area contributed by atoms with Gasteiger partial charge in [-0.1, -0.05) is 59.6 Å². The first-order valence-electron chi connectivity index (χ1n) is 5.70. The fourth-order valence-corrected chi connectivity index (χ4v) is 1.36. The van der Waals surface area contributed by atoms with Crippen molar-refractivity contribution in [3.63, 3.8) is 0 Å². The van der Waals surface area contributed by atoms with Crippen molar-refractivity contribution in [3.8, 4) is 0 Å². The summed E-state index contributed by atoms with van der Waals surface area (Å²) in [7, 11) is 0. The SMILES string of the molecule is CC(C)/C=C/[C@@H](C)CCCC(C)C. The van der Waals surface area contributed by atoms with E-state index in [1.54, 1.807) is 0 Å². The molecule has 0 fully saturated rings. The Balaban J connectivity index is 3.45. The molecule has 0 aliphatic carbocycles. The van der Waals surface area contributed by atoms with Gasteiger partial charge >= 0.3 is 0 Å². The Labute approximate surface area is 84.4 Å². The van der Waals surface area contributed by atoms with Crippen LogP contribution in [0.3, 0.4) is 0 Å². The molecule has 0 heteroatoms. The molecule has 0 saturated carbocycles. The van der Waals surface area contributed by atoms with Crippen LogP contribution in [-0.4, -0.2) is 0 Å². The molecule has 0 amide bonds. The molecule has 0 bridgehead atoms. The summed E-state index contributed by atoms with van der Waals surface area (Å²) >= 11 is 0. The highest BCUT2D eigenvalue weighted by Crippen LogP contribution is 2.13. The van der Waals surface area contributed by atoms with Crippen LogP contribution in [0, 0.1) is 17.8 Å². The summed E-state index contributed by atoms with van der Waals surface area (Å²) < 4.78 is 0. The maximum Gasteiger partial charge on any atom is -0.0262 e. The minimum atomic E-state index is 0.701. The molecule has 0 saturated heterocycles. The molecule has 1 atom stereocenters. The van der Waals surface area contributed by atoms with Crippen molar-refractivity contribution in [2.75, 3.05) is 0 Å². The van der Waals surface area contributed by atoms with Crippen molar-refractivity contribution in [1.29, 1.82) is 0 Å². The smallest absolute Gasteiger partial charge is 0.0262 e. The number of rotatable bonds is 6. The van der Waals surface area contributed by atoms with E-state index in [4.69, 9.17) is 0 Å². The van der Waals surface area contributed by atoms with Gasteiger partial charge in [0.25, 0.3) is 0 Å². The van der Waals surface area contributed by atoms with Crippen LogP contribution in [0.4, 0.5) is 0 Å². The highest BCUT2D eigenvalue weighted by atomic mass is 14.0. The summed E-state index contributed by atoms with van der Waals surface area (Å²) in [6, 6.07) is 0. The molecule has 0 aromatic carbocycles. The third kappa shape index (κ3) is 9.66.